The predicted octanol–water partition coefficient (Wildman–Crippen LogP) is 2.46. The third kappa shape index (κ3) is 2.94. The number of thiophene rings is 1. The van der Waals surface area contributed by atoms with Crippen LogP contribution >= 0.6 is 11.3 Å². The van der Waals surface area contributed by atoms with Gasteiger partial charge in [-0.05, 0) is 23.4 Å². The van der Waals surface area contributed by atoms with Crippen molar-refractivity contribution in [2.75, 3.05) is 6.61 Å². The quantitative estimate of drug-likeness (QED) is 0.759. The maximum absolute atomic E-state index is 11.3. The largest absolute Gasteiger partial charge is 0.477 e. The van der Waals surface area contributed by atoms with Crippen LogP contribution in [0.2, 0.25) is 0 Å². The molecule has 1 heterocycles. The molecule has 0 radical (unpaired) electrons. The lowest BCUT2D eigenvalue weighted by Gasteiger charge is -2.14. The molecule has 0 aliphatic heterocycles. The summed E-state index contributed by atoms with van der Waals surface area (Å²) in [6, 6.07) is 7.69. The summed E-state index contributed by atoms with van der Waals surface area (Å²) in [6.45, 7) is 2.50. The fourth-order valence-electron chi connectivity index (χ4n) is 2.03. The van der Waals surface area contributed by atoms with Crippen molar-refractivity contribution >= 4 is 27.4 Å². The fourth-order valence-corrected chi connectivity index (χ4v) is 3.09. The average Bonchev–Trinajstić information content (AvgIpc) is 2.79. The molecule has 0 spiro atoms. The number of carboxylic acid groups (broad SMARTS) is 1. The van der Waals surface area contributed by atoms with E-state index in [9.17, 15) is 15.0 Å². The van der Waals surface area contributed by atoms with E-state index in [1.165, 1.54) is 11.3 Å². The van der Waals surface area contributed by atoms with Crippen LogP contribution in [0, 0.1) is 0 Å². The zero-order valence-corrected chi connectivity index (χ0v) is 11.5. The molecule has 2 aromatic rings. The lowest BCUT2D eigenvalue weighted by molar-refractivity contribution is 0.0701. The van der Waals surface area contributed by atoms with Crippen molar-refractivity contribution < 1.29 is 15.0 Å². The molecule has 1 aromatic carbocycles. The number of hydrogen-bond donors (Lipinski definition) is 3. The van der Waals surface area contributed by atoms with Crippen molar-refractivity contribution in [3.8, 4) is 0 Å². The Bertz CT molecular complexity index is 575. The van der Waals surface area contributed by atoms with E-state index in [-0.39, 0.29) is 12.6 Å². The van der Waals surface area contributed by atoms with Crippen molar-refractivity contribution in [1.29, 1.82) is 0 Å². The Morgan fingerprint density at radius 3 is 2.79 bits per heavy atom. The summed E-state index contributed by atoms with van der Waals surface area (Å²) in [5.74, 6) is -0.893. The summed E-state index contributed by atoms with van der Waals surface area (Å²) < 4.78 is 0.980. The summed E-state index contributed by atoms with van der Waals surface area (Å²) in [5.41, 5.74) is 0.806. The van der Waals surface area contributed by atoms with Gasteiger partial charge in [-0.1, -0.05) is 25.1 Å². The number of hydrogen-bond acceptors (Lipinski definition) is 4. The summed E-state index contributed by atoms with van der Waals surface area (Å²) >= 11 is 1.30. The van der Waals surface area contributed by atoms with E-state index in [1.807, 2.05) is 31.2 Å². The van der Waals surface area contributed by atoms with Crippen LogP contribution in [0.15, 0.2) is 24.3 Å². The Hall–Kier alpha value is -1.43. The van der Waals surface area contributed by atoms with Crippen LogP contribution in [-0.2, 0) is 6.54 Å². The highest BCUT2D eigenvalue weighted by Gasteiger charge is 2.17. The first-order valence-corrected chi connectivity index (χ1v) is 7.07. The van der Waals surface area contributed by atoms with E-state index in [1.54, 1.807) is 0 Å². The number of nitrogens with one attached hydrogen (secondary N) is 1. The number of benzene rings is 1. The molecule has 1 atom stereocenters. The van der Waals surface area contributed by atoms with Crippen molar-refractivity contribution in [2.45, 2.75) is 25.9 Å². The van der Waals surface area contributed by atoms with E-state index in [0.29, 0.717) is 11.4 Å². The van der Waals surface area contributed by atoms with E-state index in [2.05, 4.69) is 5.32 Å². The normalized spacial score (nSPS) is 12.7. The van der Waals surface area contributed by atoms with Crippen molar-refractivity contribution in [3.05, 3.63) is 34.7 Å². The number of fused-ring (bicyclic) bond motifs is 1. The fraction of sp³-hybridized carbons (Fsp3) is 0.357. The summed E-state index contributed by atoms with van der Waals surface area (Å²) in [4.78, 5) is 11.7. The van der Waals surface area contributed by atoms with Gasteiger partial charge in [0.2, 0.25) is 0 Å². The Kier molecular flexibility index (Phi) is 4.52. The number of rotatable bonds is 6. The molecule has 3 N–H and O–H groups in total. The molecule has 2 rings (SSSR count). The van der Waals surface area contributed by atoms with Crippen molar-refractivity contribution in [3.63, 3.8) is 0 Å². The molecule has 5 heteroatoms. The van der Waals surface area contributed by atoms with Crippen LogP contribution in [0.5, 0.6) is 0 Å². The Balaban J connectivity index is 2.34. The second-order valence-corrected chi connectivity index (χ2v) is 5.43. The minimum absolute atomic E-state index is 0.000284. The zero-order valence-electron chi connectivity index (χ0n) is 10.7. The Morgan fingerprint density at radius 2 is 2.16 bits per heavy atom. The average molecular weight is 279 g/mol. The number of carboxylic acids is 1. The number of aromatic carboxylic acids is 1. The first-order valence-electron chi connectivity index (χ1n) is 6.25. The van der Waals surface area contributed by atoms with Gasteiger partial charge in [0.1, 0.15) is 4.88 Å². The minimum atomic E-state index is -0.893. The molecule has 0 aliphatic carbocycles. The van der Waals surface area contributed by atoms with Gasteiger partial charge in [0.25, 0.3) is 0 Å². The molecule has 0 saturated carbocycles. The molecule has 19 heavy (non-hydrogen) atoms. The number of aliphatic hydroxyl groups is 1. The molecule has 0 fully saturated rings. The lowest BCUT2D eigenvalue weighted by Crippen LogP contribution is -2.31. The summed E-state index contributed by atoms with van der Waals surface area (Å²) in [5, 5.41) is 22.6. The first-order chi connectivity index (χ1) is 9.17. The molecule has 4 nitrogen and oxygen atoms in total. The minimum Gasteiger partial charge on any atom is -0.477 e. The summed E-state index contributed by atoms with van der Waals surface area (Å²) in [6.07, 6.45) is 0.807. The molecule has 102 valence electrons. The highest BCUT2D eigenvalue weighted by atomic mass is 32.1. The highest BCUT2D eigenvalue weighted by molar-refractivity contribution is 7.21. The summed E-state index contributed by atoms with van der Waals surface area (Å²) in [7, 11) is 0. The third-order valence-corrected chi connectivity index (χ3v) is 4.37. The van der Waals surface area contributed by atoms with Gasteiger partial charge < -0.3 is 15.5 Å². The van der Waals surface area contributed by atoms with Gasteiger partial charge in [-0.2, -0.15) is 0 Å². The standard InChI is InChI=1S/C14H17NO3S/c1-2-9(8-16)15-7-11-10-5-3-4-6-12(10)19-13(11)14(17)18/h3-6,9,15-16H,2,7-8H2,1H3,(H,17,18). The maximum Gasteiger partial charge on any atom is 0.346 e. The second-order valence-electron chi connectivity index (χ2n) is 4.38. The first kappa shape index (κ1) is 14.0. The van der Waals surface area contributed by atoms with Gasteiger partial charge in [0.05, 0.1) is 6.61 Å². The van der Waals surface area contributed by atoms with Crippen LogP contribution < -0.4 is 5.32 Å². The van der Waals surface area contributed by atoms with Gasteiger partial charge in [0, 0.05) is 17.3 Å². The van der Waals surface area contributed by atoms with E-state index in [0.717, 1.165) is 22.1 Å². The van der Waals surface area contributed by atoms with E-state index < -0.39 is 5.97 Å². The van der Waals surface area contributed by atoms with Crippen molar-refractivity contribution in [2.24, 2.45) is 0 Å². The maximum atomic E-state index is 11.3. The molecule has 0 saturated heterocycles. The molecule has 0 amide bonds. The molecular formula is C14H17NO3S. The third-order valence-electron chi connectivity index (χ3n) is 3.17. The van der Waals surface area contributed by atoms with E-state index >= 15 is 0 Å². The molecular weight excluding hydrogens is 262 g/mol. The van der Waals surface area contributed by atoms with Gasteiger partial charge in [0.15, 0.2) is 0 Å². The molecule has 1 unspecified atom stereocenters. The van der Waals surface area contributed by atoms with Crippen molar-refractivity contribution in [1.82, 2.24) is 5.32 Å². The van der Waals surface area contributed by atoms with Gasteiger partial charge in [-0.15, -0.1) is 11.3 Å². The SMILES string of the molecule is CCC(CO)NCc1c(C(=O)O)sc2ccccc12. The molecule has 0 aliphatic rings. The van der Waals surface area contributed by atoms with Gasteiger partial charge >= 0.3 is 5.97 Å². The zero-order chi connectivity index (χ0) is 13.8. The Morgan fingerprint density at radius 1 is 1.42 bits per heavy atom. The Labute approximate surface area is 115 Å². The van der Waals surface area contributed by atoms with Gasteiger partial charge in [-0.3, -0.25) is 0 Å². The van der Waals surface area contributed by atoms with E-state index in [4.69, 9.17) is 0 Å². The lowest BCUT2D eigenvalue weighted by atomic mass is 10.1. The van der Waals surface area contributed by atoms with Crippen LogP contribution in [-0.4, -0.2) is 28.8 Å². The predicted molar refractivity (Wildman–Crippen MR) is 76.8 cm³/mol. The second kappa shape index (κ2) is 6.14. The topological polar surface area (TPSA) is 69.6 Å². The monoisotopic (exact) mass is 279 g/mol. The van der Waals surface area contributed by atoms with Crippen LogP contribution in [0.1, 0.15) is 28.6 Å². The number of aliphatic hydroxyl groups excluding tert-OH is 1. The molecule has 0 bridgehead atoms. The number of carbonyl (C=O) groups is 1. The molecule has 1 aromatic heterocycles. The smallest absolute Gasteiger partial charge is 0.346 e. The highest BCUT2D eigenvalue weighted by Crippen LogP contribution is 2.31. The van der Waals surface area contributed by atoms with Crippen LogP contribution in [0.3, 0.4) is 0 Å². The van der Waals surface area contributed by atoms with Gasteiger partial charge in [-0.25, -0.2) is 4.79 Å². The van der Waals surface area contributed by atoms with Crippen LogP contribution in [0.25, 0.3) is 10.1 Å². The van der Waals surface area contributed by atoms with Crippen LogP contribution in [0.4, 0.5) is 0 Å².